The molecule has 1 aliphatic heterocycles. The SMILES string of the molecule is C[C@H](CC1CCCCC1)C1=NC(C)(C)C[C@H](C)O1. The molecule has 0 amide bonds. The molecule has 1 heterocycles. The summed E-state index contributed by atoms with van der Waals surface area (Å²) in [4.78, 5) is 4.82. The van der Waals surface area contributed by atoms with E-state index in [1.54, 1.807) is 0 Å². The van der Waals surface area contributed by atoms with Crippen molar-refractivity contribution in [2.24, 2.45) is 16.8 Å². The molecule has 104 valence electrons. The van der Waals surface area contributed by atoms with Crippen LogP contribution in [-0.2, 0) is 4.74 Å². The third kappa shape index (κ3) is 3.73. The van der Waals surface area contributed by atoms with Gasteiger partial charge in [0.05, 0.1) is 11.6 Å². The Hall–Kier alpha value is -0.530. The van der Waals surface area contributed by atoms with Crippen LogP contribution in [0.3, 0.4) is 0 Å². The van der Waals surface area contributed by atoms with Gasteiger partial charge in [0.2, 0.25) is 0 Å². The summed E-state index contributed by atoms with van der Waals surface area (Å²) < 4.78 is 5.98. The fraction of sp³-hybridized carbons (Fsp3) is 0.938. The van der Waals surface area contributed by atoms with Gasteiger partial charge < -0.3 is 4.74 Å². The smallest absolute Gasteiger partial charge is 0.186 e. The highest BCUT2D eigenvalue weighted by molar-refractivity contribution is 5.79. The molecule has 0 spiro atoms. The maximum atomic E-state index is 5.98. The second-order valence-electron chi connectivity index (χ2n) is 7.04. The molecule has 0 aromatic heterocycles. The van der Waals surface area contributed by atoms with E-state index < -0.39 is 0 Å². The summed E-state index contributed by atoms with van der Waals surface area (Å²) in [5, 5.41) is 0. The molecule has 2 rings (SSSR count). The van der Waals surface area contributed by atoms with E-state index in [1.807, 2.05) is 0 Å². The van der Waals surface area contributed by atoms with E-state index >= 15 is 0 Å². The minimum Gasteiger partial charge on any atom is -0.478 e. The normalized spacial score (nSPS) is 30.4. The molecule has 2 atom stereocenters. The van der Waals surface area contributed by atoms with Gasteiger partial charge in [0.15, 0.2) is 5.90 Å². The molecule has 0 saturated heterocycles. The largest absolute Gasteiger partial charge is 0.478 e. The predicted octanol–water partition coefficient (Wildman–Crippen LogP) is 4.58. The summed E-state index contributed by atoms with van der Waals surface area (Å²) in [5.74, 6) is 2.42. The molecule has 0 bridgehead atoms. The number of hydrogen-bond acceptors (Lipinski definition) is 2. The minimum atomic E-state index is 0.0633. The monoisotopic (exact) mass is 251 g/mol. The second kappa shape index (κ2) is 5.63. The second-order valence-corrected chi connectivity index (χ2v) is 7.04. The number of nitrogens with zero attached hydrogens (tertiary/aromatic N) is 1. The van der Waals surface area contributed by atoms with Gasteiger partial charge in [-0.25, -0.2) is 4.99 Å². The molecular formula is C16H29NO. The topological polar surface area (TPSA) is 21.6 Å². The maximum absolute atomic E-state index is 5.98. The van der Waals surface area contributed by atoms with Crippen LogP contribution in [-0.4, -0.2) is 17.5 Å². The van der Waals surface area contributed by atoms with Crippen molar-refractivity contribution in [2.45, 2.75) is 84.3 Å². The average molecular weight is 251 g/mol. The van der Waals surface area contributed by atoms with Crippen molar-refractivity contribution in [1.82, 2.24) is 0 Å². The minimum absolute atomic E-state index is 0.0633. The lowest BCUT2D eigenvalue weighted by Gasteiger charge is -2.34. The lowest BCUT2D eigenvalue weighted by molar-refractivity contribution is 0.128. The Morgan fingerprint density at radius 2 is 1.94 bits per heavy atom. The van der Waals surface area contributed by atoms with Crippen molar-refractivity contribution in [3.8, 4) is 0 Å². The Kier molecular flexibility index (Phi) is 4.34. The van der Waals surface area contributed by atoms with Crippen molar-refractivity contribution >= 4 is 5.90 Å². The molecule has 1 saturated carbocycles. The van der Waals surface area contributed by atoms with E-state index in [1.165, 1.54) is 38.5 Å². The molecule has 0 unspecified atom stereocenters. The highest BCUT2D eigenvalue weighted by Gasteiger charge is 2.31. The van der Waals surface area contributed by atoms with Crippen LogP contribution in [0.4, 0.5) is 0 Å². The molecule has 1 aliphatic carbocycles. The van der Waals surface area contributed by atoms with Crippen molar-refractivity contribution in [2.75, 3.05) is 0 Å². The first kappa shape index (κ1) is 13.9. The van der Waals surface area contributed by atoms with Crippen molar-refractivity contribution in [3.63, 3.8) is 0 Å². The van der Waals surface area contributed by atoms with Gasteiger partial charge in [-0.1, -0.05) is 39.0 Å². The van der Waals surface area contributed by atoms with Crippen molar-refractivity contribution < 1.29 is 4.74 Å². The highest BCUT2D eigenvalue weighted by atomic mass is 16.5. The van der Waals surface area contributed by atoms with E-state index in [-0.39, 0.29) is 5.54 Å². The first-order valence-electron chi connectivity index (χ1n) is 7.73. The molecule has 0 N–H and O–H groups in total. The molecule has 2 heteroatoms. The van der Waals surface area contributed by atoms with Crippen LogP contribution in [0.25, 0.3) is 0 Å². The van der Waals surface area contributed by atoms with E-state index in [0.717, 1.165) is 18.2 Å². The molecule has 18 heavy (non-hydrogen) atoms. The molecule has 0 aromatic rings. The first-order valence-corrected chi connectivity index (χ1v) is 7.73. The van der Waals surface area contributed by atoms with Gasteiger partial charge in [-0.2, -0.15) is 0 Å². The van der Waals surface area contributed by atoms with Crippen LogP contribution in [0.1, 0.15) is 72.6 Å². The average Bonchev–Trinajstić information content (AvgIpc) is 2.27. The van der Waals surface area contributed by atoms with E-state index in [4.69, 9.17) is 9.73 Å². The zero-order valence-electron chi connectivity index (χ0n) is 12.5. The van der Waals surface area contributed by atoms with Crippen LogP contribution in [0.5, 0.6) is 0 Å². The summed E-state index contributed by atoms with van der Waals surface area (Å²) in [6.45, 7) is 8.91. The van der Waals surface area contributed by atoms with Crippen LogP contribution in [0, 0.1) is 11.8 Å². The van der Waals surface area contributed by atoms with Crippen LogP contribution < -0.4 is 0 Å². The standard InChI is InChI=1S/C16H29NO/c1-12(10-14-8-6-5-7-9-14)15-17-16(3,4)11-13(2)18-15/h12-14H,5-11H2,1-4H3/t12-,13+/m1/s1. The van der Waals surface area contributed by atoms with Crippen molar-refractivity contribution in [3.05, 3.63) is 0 Å². The molecule has 2 nitrogen and oxygen atoms in total. The zero-order valence-corrected chi connectivity index (χ0v) is 12.5. The van der Waals surface area contributed by atoms with Crippen LogP contribution in [0.15, 0.2) is 4.99 Å². The fourth-order valence-electron chi connectivity index (χ4n) is 3.57. The fourth-order valence-corrected chi connectivity index (χ4v) is 3.57. The summed E-state index contributed by atoms with van der Waals surface area (Å²) in [5.41, 5.74) is 0.0633. The quantitative estimate of drug-likeness (QED) is 0.719. The maximum Gasteiger partial charge on any atom is 0.186 e. The van der Waals surface area contributed by atoms with Gasteiger partial charge in [-0.15, -0.1) is 0 Å². The Morgan fingerprint density at radius 3 is 2.56 bits per heavy atom. The Labute approximate surface area is 112 Å². The van der Waals surface area contributed by atoms with Gasteiger partial charge in [0, 0.05) is 12.3 Å². The van der Waals surface area contributed by atoms with E-state index in [0.29, 0.717) is 12.0 Å². The zero-order chi connectivity index (χ0) is 13.2. The number of hydrogen-bond donors (Lipinski definition) is 0. The summed E-state index contributed by atoms with van der Waals surface area (Å²) >= 11 is 0. The van der Waals surface area contributed by atoms with Gasteiger partial charge >= 0.3 is 0 Å². The molecule has 0 aromatic carbocycles. The summed E-state index contributed by atoms with van der Waals surface area (Å²) in [6.07, 6.45) is 9.73. The number of ether oxygens (including phenoxy) is 1. The first-order chi connectivity index (χ1) is 8.46. The van der Waals surface area contributed by atoms with Gasteiger partial charge in [-0.05, 0) is 33.1 Å². The van der Waals surface area contributed by atoms with E-state index in [9.17, 15) is 0 Å². The Morgan fingerprint density at radius 1 is 1.28 bits per heavy atom. The van der Waals surface area contributed by atoms with E-state index in [2.05, 4.69) is 27.7 Å². The van der Waals surface area contributed by atoms with Crippen molar-refractivity contribution in [1.29, 1.82) is 0 Å². The highest BCUT2D eigenvalue weighted by Crippen LogP contribution is 2.32. The predicted molar refractivity (Wildman–Crippen MR) is 77.0 cm³/mol. The van der Waals surface area contributed by atoms with Crippen LogP contribution in [0.2, 0.25) is 0 Å². The van der Waals surface area contributed by atoms with Crippen LogP contribution >= 0.6 is 0 Å². The molecule has 2 aliphatic rings. The Balaban J connectivity index is 1.95. The molecule has 0 radical (unpaired) electrons. The lowest BCUT2D eigenvalue weighted by Crippen LogP contribution is -2.36. The third-order valence-electron chi connectivity index (χ3n) is 4.35. The summed E-state index contributed by atoms with van der Waals surface area (Å²) in [7, 11) is 0. The third-order valence-corrected chi connectivity index (χ3v) is 4.35. The Bertz CT molecular complexity index is 302. The van der Waals surface area contributed by atoms with Gasteiger partial charge in [0.25, 0.3) is 0 Å². The molecule has 1 fully saturated rings. The van der Waals surface area contributed by atoms with Gasteiger partial charge in [0.1, 0.15) is 0 Å². The van der Waals surface area contributed by atoms with Gasteiger partial charge in [-0.3, -0.25) is 0 Å². The number of aliphatic imine (C=N–C) groups is 1. The molecular weight excluding hydrogens is 222 g/mol. The number of rotatable bonds is 3. The lowest BCUT2D eigenvalue weighted by atomic mass is 9.83. The summed E-state index contributed by atoms with van der Waals surface area (Å²) in [6, 6.07) is 0.